The summed E-state index contributed by atoms with van der Waals surface area (Å²) in [6.07, 6.45) is 8.86. The van der Waals surface area contributed by atoms with E-state index in [2.05, 4.69) is 6.08 Å². The minimum atomic E-state index is -2.11. The molecule has 0 radical (unpaired) electrons. The van der Waals surface area contributed by atoms with Crippen LogP contribution in [0.5, 0.6) is 0 Å². The molecular weight excluding hydrogens is 159 g/mol. The second-order valence-electron chi connectivity index (χ2n) is 1.47. The standard InChI is InChI=1S/C6H4O2S.Na/c7-9(8)6-4-2-1-3-5-6;/h1-2,4-5H;/q;+1. The quantitative estimate of drug-likeness (QED) is 0.247. The van der Waals surface area contributed by atoms with E-state index in [0.29, 0.717) is 0 Å². The molecule has 2 nitrogen and oxygen atoms in total. The predicted octanol–water partition coefficient (Wildman–Crippen LogP) is -2.32. The fourth-order valence-electron chi connectivity index (χ4n) is 0.481. The molecule has 1 atom stereocenters. The SMILES string of the molecule is O=S([O-])C1=CC=C[C+]=C1.[Na+]. The van der Waals surface area contributed by atoms with E-state index in [4.69, 9.17) is 0 Å². The van der Waals surface area contributed by atoms with Gasteiger partial charge in [-0.05, 0) is 0 Å². The van der Waals surface area contributed by atoms with Crippen LogP contribution in [0.4, 0.5) is 0 Å². The summed E-state index contributed by atoms with van der Waals surface area (Å²) < 4.78 is 20.4. The van der Waals surface area contributed by atoms with Crippen LogP contribution >= 0.6 is 0 Å². The molecule has 0 saturated heterocycles. The largest absolute Gasteiger partial charge is 1.00 e. The number of hydrogen-bond acceptors (Lipinski definition) is 2. The Balaban J connectivity index is 0.000000810. The summed E-state index contributed by atoms with van der Waals surface area (Å²) in [5.41, 5.74) is 0. The Kier molecular flexibility index (Phi) is 5.09. The van der Waals surface area contributed by atoms with E-state index in [1.54, 1.807) is 12.2 Å². The maximum atomic E-state index is 10.2. The van der Waals surface area contributed by atoms with Crippen molar-refractivity contribution in [2.45, 2.75) is 0 Å². The van der Waals surface area contributed by atoms with Gasteiger partial charge in [-0.3, -0.25) is 4.21 Å². The van der Waals surface area contributed by atoms with Crippen LogP contribution < -0.4 is 29.6 Å². The van der Waals surface area contributed by atoms with E-state index in [-0.39, 0.29) is 34.5 Å². The van der Waals surface area contributed by atoms with Gasteiger partial charge in [-0.1, -0.05) is 0 Å². The van der Waals surface area contributed by atoms with Gasteiger partial charge >= 0.3 is 29.6 Å². The van der Waals surface area contributed by atoms with Gasteiger partial charge in [0.2, 0.25) is 0 Å². The normalized spacial score (nSPS) is 16.7. The Morgan fingerprint density at radius 2 is 2.30 bits per heavy atom. The van der Waals surface area contributed by atoms with Crippen molar-refractivity contribution < 1.29 is 38.3 Å². The minimum Gasteiger partial charge on any atom is -0.757 e. The van der Waals surface area contributed by atoms with Gasteiger partial charge in [0.05, 0.1) is 6.08 Å². The van der Waals surface area contributed by atoms with E-state index in [9.17, 15) is 8.76 Å². The van der Waals surface area contributed by atoms with Crippen molar-refractivity contribution in [1.82, 2.24) is 0 Å². The Bertz CT molecular complexity index is 218. The molecule has 0 N–H and O–H groups in total. The topological polar surface area (TPSA) is 40.1 Å². The van der Waals surface area contributed by atoms with Gasteiger partial charge in [0.1, 0.15) is 17.1 Å². The average molecular weight is 163 g/mol. The molecule has 1 rings (SSSR count). The van der Waals surface area contributed by atoms with Crippen molar-refractivity contribution in [2.75, 3.05) is 0 Å². The maximum Gasteiger partial charge on any atom is 1.00 e. The molecule has 46 valence electrons. The first-order valence-electron chi connectivity index (χ1n) is 2.36. The number of rotatable bonds is 1. The van der Waals surface area contributed by atoms with E-state index in [1.807, 2.05) is 0 Å². The molecule has 0 saturated carbocycles. The van der Waals surface area contributed by atoms with Crippen molar-refractivity contribution in [3.63, 3.8) is 0 Å². The smallest absolute Gasteiger partial charge is 0.757 e. The van der Waals surface area contributed by atoms with Crippen LogP contribution in [0.15, 0.2) is 29.2 Å². The Hall–Kier alpha value is 0.240. The fourth-order valence-corrected chi connectivity index (χ4v) is 0.834. The third kappa shape index (κ3) is 2.88. The molecule has 0 heterocycles. The van der Waals surface area contributed by atoms with Crippen LogP contribution in [0.25, 0.3) is 0 Å². The van der Waals surface area contributed by atoms with Gasteiger partial charge in [0, 0.05) is 23.2 Å². The monoisotopic (exact) mass is 163 g/mol. The summed E-state index contributed by atoms with van der Waals surface area (Å²) >= 11 is -2.11. The zero-order valence-electron chi connectivity index (χ0n) is 5.53. The molecule has 0 aliphatic heterocycles. The van der Waals surface area contributed by atoms with Crippen molar-refractivity contribution >= 4 is 11.1 Å². The van der Waals surface area contributed by atoms with Crippen molar-refractivity contribution in [2.24, 2.45) is 0 Å². The Morgan fingerprint density at radius 1 is 1.60 bits per heavy atom. The summed E-state index contributed by atoms with van der Waals surface area (Å²) in [5.74, 6) is 0. The van der Waals surface area contributed by atoms with Gasteiger partial charge in [-0.2, -0.15) is 0 Å². The molecule has 0 amide bonds. The second kappa shape index (κ2) is 4.97. The predicted molar refractivity (Wildman–Crippen MR) is 34.0 cm³/mol. The zero-order chi connectivity index (χ0) is 6.69. The summed E-state index contributed by atoms with van der Waals surface area (Å²) in [5, 5.41) is 0. The average Bonchev–Trinajstić information content (AvgIpc) is 1.90. The zero-order valence-corrected chi connectivity index (χ0v) is 8.35. The molecule has 1 aliphatic rings. The molecule has 0 aromatic carbocycles. The van der Waals surface area contributed by atoms with Crippen LogP contribution in [0.3, 0.4) is 0 Å². The van der Waals surface area contributed by atoms with Gasteiger partial charge < -0.3 is 4.55 Å². The number of hydrogen-bond donors (Lipinski definition) is 0. The molecule has 0 fully saturated rings. The van der Waals surface area contributed by atoms with Crippen LogP contribution in [-0.2, 0) is 11.1 Å². The fraction of sp³-hybridized carbons (Fsp3) is 0. The molecule has 4 heteroatoms. The van der Waals surface area contributed by atoms with Crippen LogP contribution in [0.2, 0.25) is 0 Å². The molecule has 0 bridgehead atoms. The van der Waals surface area contributed by atoms with Crippen molar-refractivity contribution in [3.8, 4) is 0 Å². The first-order valence-corrected chi connectivity index (χ1v) is 3.43. The molecule has 10 heavy (non-hydrogen) atoms. The van der Waals surface area contributed by atoms with E-state index in [0.717, 1.165) is 0 Å². The summed E-state index contributed by atoms with van der Waals surface area (Å²) in [7, 11) is 0. The van der Waals surface area contributed by atoms with Crippen molar-refractivity contribution in [3.05, 3.63) is 35.3 Å². The first-order chi connectivity index (χ1) is 4.30. The molecule has 1 aliphatic carbocycles. The van der Waals surface area contributed by atoms with Crippen molar-refractivity contribution in [1.29, 1.82) is 0 Å². The third-order valence-electron chi connectivity index (χ3n) is 0.871. The van der Waals surface area contributed by atoms with Gasteiger partial charge in [-0.25, -0.2) is 0 Å². The number of allylic oxidation sites excluding steroid dienone is 5. The maximum absolute atomic E-state index is 10.2. The summed E-state index contributed by atoms with van der Waals surface area (Å²) in [6, 6.07) is 0. The van der Waals surface area contributed by atoms with E-state index in [1.165, 1.54) is 12.2 Å². The summed E-state index contributed by atoms with van der Waals surface area (Å²) in [4.78, 5) is 0.275. The van der Waals surface area contributed by atoms with Crippen LogP contribution in [0.1, 0.15) is 0 Å². The van der Waals surface area contributed by atoms with Gasteiger partial charge in [0.15, 0.2) is 0 Å². The van der Waals surface area contributed by atoms with Gasteiger partial charge in [-0.15, -0.1) is 0 Å². The van der Waals surface area contributed by atoms with Crippen LogP contribution in [-0.4, -0.2) is 8.76 Å². The second-order valence-corrected chi connectivity index (χ2v) is 2.41. The molecular formula is C6H4NaO2S+. The summed E-state index contributed by atoms with van der Waals surface area (Å²) in [6.45, 7) is 0. The molecule has 0 aromatic rings. The molecule has 0 spiro atoms. The Morgan fingerprint density at radius 3 is 2.60 bits per heavy atom. The van der Waals surface area contributed by atoms with Gasteiger partial charge in [0.25, 0.3) is 0 Å². The van der Waals surface area contributed by atoms with E-state index >= 15 is 0 Å². The molecule has 1 unspecified atom stereocenters. The van der Waals surface area contributed by atoms with Crippen LogP contribution in [0, 0.1) is 6.08 Å². The molecule has 0 aromatic heterocycles. The first kappa shape index (κ1) is 10.2. The minimum absolute atomic E-state index is 0. The Labute approximate surface area is 84.3 Å². The van der Waals surface area contributed by atoms with E-state index < -0.39 is 11.1 Å². The third-order valence-corrected chi connectivity index (χ3v) is 1.51.